The first-order chi connectivity index (χ1) is 8.86. The first-order valence-corrected chi connectivity index (χ1v) is 6.03. The number of hydrogen-bond donors (Lipinski definition) is 1. The first-order valence-electron chi connectivity index (χ1n) is 6.03. The normalized spacial score (nSPS) is 15.9. The van der Waals surface area contributed by atoms with Gasteiger partial charge >= 0.3 is 5.69 Å². The highest BCUT2D eigenvalue weighted by Gasteiger charge is 2.23. The molecule has 1 unspecified atom stereocenters. The van der Waals surface area contributed by atoms with E-state index in [1.165, 1.54) is 13.1 Å². The van der Waals surface area contributed by atoms with Crippen LogP contribution in [-0.2, 0) is 4.74 Å². The van der Waals surface area contributed by atoms with Crippen LogP contribution in [0.1, 0.15) is 20.1 Å². The quantitative estimate of drug-likeness (QED) is 0.820. The molecule has 3 atom stereocenters. The second-order valence-electron chi connectivity index (χ2n) is 4.57. The van der Waals surface area contributed by atoms with E-state index in [9.17, 15) is 9.18 Å². The summed E-state index contributed by atoms with van der Waals surface area (Å²) in [4.78, 5) is 17.4. The van der Waals surface area contributed by atoms with E-state index in [2.05, 4.69) is 4.98 Å². The van der Waals surface area contributed by atoms with Crippen LogP contribution in [0.25, 0.3) is 0 Å². The van der Waals surface area contributed by atoms with Crippen LogP contribution in [0.3, 0.4) is 0 Å². The van der Waals surface area contributed by atoms with Crippen molar-refractivity contribution in [1.82, 2.24) is 9.55 Å². The number of alkyl halides is 1. The summed E-state index contributed by atoms with van der Waals surface area (Å²) in [7, 11) is 3.51. The topological polar surface area (TPSA) is 67.6 Å². The molecule has 0 radical (unpaired) electrons. The van der Waals surface area contributed by atoms with E-state index >= 15 is 0 Å². The van der Waals surface area contributed by atoms with Crippen LogP contribution in [0.4, 0.5) is 10.2 Å². The van der Waals surface area contributed by atoms with Crippen molar-refractivity contribution >= 4 is 5.82 Å². The fraction of sp³-hybridized carbons (Fsp3) is 0.667. The van der Waals surface area contributed by atoms with E-state index in [0.717, 1.165) is 4.57 Å². The van der Waals surface area contributed by atoms with Gasteiger partial charge < -0.3 is 14.7 Å². The Hall–Kier alpha value is -1.47. The largest absolute Gasteiger partial charge is 0.394 e. The Balaban J connectivity index is 3.07. The molecular weight excluding hydrogens is 253 g/mol. The zero-order chi connectivity index (χ0) is 14.6. The molecule has 6 nitrogen and oxygen atoms in total. The molecule has 0 bridgehead atoms. The van der Waals surface area contributed by atoms with E-state index in [1.54, 1.807) is 32.0 Å². The molecule has 0 aliphatic rings. The molecule has 108 valence electrons. The molecule has 0 aliphatic carbocycles. The van der Waals surface area contributed by atoms with Crippen molar-refractivity contribution in [2.45, 2.75) is 32.4 Å². The summed E-state index contributed by atoms with van der Waals surface area (Å²) in [5.74, 6) is 0.488. The van der Waals surface area contributed by atoms with Gasteiger partial charge in [-0.2, -0.15) is 4.98 Å². The maximum atomic E-state index is 13.6. The van der Waals surface area contributed by atoms with Crippen molar-refractivity contribution in [1.29, 1.82) is 0 Å². The molecule has 0 aromatic carbocycles. The van der Waals surface area contributed by atoms with Crippen LogP contribution in [0.5, 0.6) is 0 Å². The Bertz CT molecular complexity index is 462. The van der Waals surface area contributed by atoms with Gasteiger partial charge in [0.05, 0.1) is 12.7 Å². The summed E-state index contributed by atoms with van der Waals surface area (Å²) in [5.41, 5.74) is -0.592. The molecule has 0 spiro atoms. The second kappa shape index (κ2) is 6.63. The molecule has 7 heteroatoms. The second-order valence-corrected chi connectivity index (χ2v) is 4.57. The number of aliphatic hydroxyl groups is 1. The third kappa shape index (κ3) is 4.00. The van der Waals surface area contributed by atoms with Gasteiger partial charge in [-0.25, -0.2) is 9.18 Å². The fourth-order valence-electron chi connectivity index (χ4n) is 1.52. The summed E-state index contributed by atoms with van der Waals surface area (Å²) in [6, 6.07) is 1.60. The highest BCUT2D eigenvalue weighted by atomic mass is 19.1. The van der Waals surface area contributed by atoms with E-state index in [-0.39, 0.29) is 6.61 Å². The number of halogens is 1. The van der Waals surface area contributed by atoms with E-state index in [0.29, 0.717) is 5.82 Å². The van der Waals surface area contributed by atoms with Gasteiger partial charge in [0, 0.05) is 20.3 Å². The zero-order valence-electron chi connectivity index (χ0n) is 11.6. The minimum atomic E-state index is -1.40. The summed E-state index contributed by atoms with van der Waals surface area (Å²) in [5, 5.41) is 8.94. The molecule has 0 fully saturated rings. The number of aliphatic hydroxyl groups excluding tert-OH is 1. The molecular formula is C12H20FN3O3. The number of nitrogens with zero attached hydrogens (tertiary/aromatic N) is 3. The lowest BCUT2D eigenvalue weighted by Crippen LogP contribution is -2.35. The molecule has 0 amide bonds. The van der Waals surface area contributed by atoms with Gasteiger partial charge in [0.25, 0.3) is 0 Å². The highest BCUT2D eigenvalue weighted by Crippen LogP contribution is 2.17. The molecule has 1 heterocycles. The van der Waals surface area contributed by atoms with Gasteiger partial charge in [-0.3, -0.25) is 4.57 Å². The third-order valence-corrected chi connectivity index (χ3v) is 2.57. The van der Waals surface area contributed by atoms with Gasteiger partial charge in [-0.05, 0) is 19.9 Å². The smallest absolute Gasteiger partial charge is 0.351 e. The van der Waals surface area contributed by atoms with Crippen molar-refractivity contribution < 1.29 is 14.2 Å². The molecule has 1 rings (SSSR count). The Labute approximate surface area is 111 Å². The first kappa shape index (κ1) is 15.6. The van der Waals surface area contributed by atoms with E-state index < -0.39 is 24.2 Å². The number of aromatic nitrogens is 2. The van der Waals surface area contributed by atoms with E-state index in [4.69, 9.17) is 9.84 Å². The lowest BCUT2D eigenvalue weighted by molar-refractivity contribution is -0.1000. The number of rotatable bonds is 6. The van der Waals surface area contributed by atoms with Crippen molar-refractivity contribution in [2.75, 3.05) is 25.6 Å². The predicted octanol–water partition coefficient (Wildman–Crippen LogP) is 0.563. The summed E-state index contributed by atoms with van der Waals surface area (Å²) in [6.07, 6.45) is -1.63. The van der Waals surface area contributed by atoms with Crippen LogP contribution in [0.2, 0.25) is 0 Å². The minimum Gasteiger partial charge on any atom is -0.394 e. The van der Waals surface area contributed by atoms with Crippen LogP contribution in [0, 0.1) is 0 Å². The fourth-order valence-corrected chi connectivity index (χ4v) is 1.52. The Kier molecular flexibility index (Phi) is 5.44. The SMILES string of the molecule is CC(F)[C@@H](O[C@@H](C)CO)n1ccc(N(C)C)nc1=O. The number of anilines is 1. The van der Waals surface area contributed by atoms with Crippen molar-refractivity contribution in [2.24, 2.45) is 0 Å². The number of ether oxygens (including phenoxy) is 1. The maximum absolute atomic E-state index is 13.6. The lowest BCUT2D eigenvalue weighted by atomic mass is 10.3. The molecule has 0 saturated heterocycles. The predicted molar refractivity (Wildman–Crippen MR) is 70.1 cm³/mol. The van der Waals surface area contributed by atoms with Gasteiger partial charge in [0.15, 0.2) is 6.23 Å². The Morgan fingerprint density at radius 2 is 2.16 bits per heavy atom. The lowest BCUT2D eigenvalue weighted by Gasteiger charge is -2.24. The maximum Gasteiger partial charge on any atom is 0.351 e. The Morgan fingerprint density at radius 3 is 2.58 bits per heavy atom. The van der Waals surface area contributed by atoms with Crippen molar-refractivity contribution in [3.63, 3.8) is 0 Å². The van der Waals surface area contributed by atoms with Gasteiger partial charge in [0.2, 0.25) is 0 Å². The third-order valence-electron chi connectivity index (χ3n) is 2.57. The summed E-state index contributed by atoms with van der Waals surface area (Å²) >= 11 is 0. The molecule has 19 heavy (non-hydrogen) atoms. The monoisotopic (exact) mass is 273 g/mol. The Morgan fingerprint density at radius 1 is 1.53 bits per heavy atom. The molecule has 1 N–H and O–H groups in total. The highest BCUT2D eigenvalue weighted by molar-refractivity contribution is 5.33. The van der Waals surface area contributed by atoms with Crippen molar-refractivity contribution in [3.8, 4) is 0 Å². The zero-order valence-corrected chi connectivity index (χ0v) is 11.6. The van der Waals surface area contributed by atoms with Gasteiger partial charge in [-0.1, -0.05) is 0 Å². The molecule has 1 aromatic rings. The number of hydrogen-bond acceptors (Lipinski definition) is 5. The summed E-state index contributed by atoms with van der Waals surface area (Å²) in [6.45, 7) is 2.64. The van der Waals surface area contributed by atoms with Crippen molar-refractivity contribution in [3.05, 3.63) is 22.7 Å². The molecule has 1 aromatic heterocycles. The van der Waals surface area contributed by atoms with Crippen LogP contribution < -0.4 is 10.6 Å². The average Bonchev–Trinajstić information content (AvgIpc) is 2.35. The minimum absolute atomic E-state index is 0.249. The average molecular weight is 273 g/mol. The van der Waals surface area contributed by atoms with Crippen LogP contribution in [0.15, 0.2) is 17.1 Å². The molecule has 0 saturated carbocycles. The summed E-state index contributed by atoms with van der Waals surface area (Å²) < 4.78 is 20.0. The van der Waals surface area contributed by atoms with Crippen LogP contribution in [-0.4, -0.2) is 47.6 Å². The van der Waals surface area contributed by atoms with Crippen LogP contribution >= 0.6 is 0 Å². The van der Waals surface area contributed by atoms with Gasteiger partial charge in [-0.15, -0.1) is 0 Å². The standard InChI is InChI=1S/C12H20FN3O3/c1-8(7-17)19-11(9(2)13)16-6-5-10(15(3)4)14-12(16)18/h5-6,8-9,11,17H,7H2,1-4H3/t8-,9?,11+/m0/s1. The van der Waals surface area contributed by atoms with Gasteiger partial charge in [0.1, 0.15) is 12.0 Å². The molecule has 0 aliphatic heterocycles. The van der Waals surface area contributed by atoms with E-state index in [1.807, 2.05) is 0 Å².